The molecule has 186 valence electrons. The maximum atomic E-state index is 12.2. The van der Waals surface area contributed by atoms with Crippen LogP contribution in [0.25, 0.3) is 0 Å². The number of anilines is 1. The van der Waals surface area contributed by atoms with Crippen LogP contribution in [-0.4, -0.2) is 64.1 Å². The summed E-state index contributed by atoms with van der Waals surface area (Å²) in [5.74, 6) is -3.67. The Morgan fingerprint density at radius 2 is 1.68 bits per heavy atom. The number of aliphatic carboxylic acids is 2. The van der Waals surface area contributed by atoms with E-state index in [-0.39, 0.29) is 11.4 Å². The molecule has 1 amide bonds. The fourth-order valence-corrected chi connectivity index (χ4v) is 4.70. The Morgan fingerprint density at radius 3 is 2.24 bits per heavy atom. The van der Waals surface area contributed by atoms with E-state index in [0.717, 1.165) is 29.5 Å². The van der Waals surface area contributed by atoms with Crippen molar-refractivity contribution in [1.82, 2.24) is 15.2 Å². The number of nitrogens with one attached hydrogen (secondary N) is 2. The average Bonchev–Trinajstić information content (AvgIpc) is 3.23. The number of likely N-dealkylation sites (N-methyl/N-ethyl adjacent to an activating group) is 1. The van der Waals surface area contributed by atoms with Crippen molar-refractivity contribution in [3.63, 3.8) is 0 Å². The van der Waals surface area contributed by atoms with Gasteiger partial charge in [0.2, 0.25) is 5.91 Å². The SMILES string of the molecule is Cc1ccc(NC(=O)Cc2nc(CNCC3(N(C)C)CCCCC3)cs2)cc1.O=C(O)C(=O)O. The van der Waals surface area contributed by atoms with E-state index in [0.29, 0.717) is 6.42 Å². The van der Waals surface area contributed by atoms with Gasteiger partial charge >= 0.3 is 11.9 Å². The fraction of sp³-hybridized carbons (Fsp3) is 0.500. The number of thiazole rings is 1. The van der Waals surface area contributed by atoms with E-state index in [4.69, 9.17) is 19.8 Å². The molecule has 0 aliphatic heterocycles. The molecule has 1 aliphatic rings. The zero-order valence-electron chi connectivity index (χ0n) is 20.0. The smallest absolute Gasteiger partial charge is 0.414 e. The molecule has 1 aromatic carbocycles. The first kappa shape index (κ1) is 27.4. The van der Waals surface area contributed by atoms with Crippen LogP contribution in [0.2, 0.25) is 0 Å². The minimum Gasteiger partial charge on any atom is -0.473 e. The molecule has 0 bridgehead atoms. The first-order valence-corrected chi connectivity index (χ1v) is 12.1. The summed E-state index contributed by atoms with van der Waals surface area (Å²) in [7, 11) is 4.39. The number of carbonyl (C=O) groups is 3. The van der Waals surface area contributed by atoms with E-state index in [1.807, 2.05) is 31.2 Å². The number of hydrogen-bond donors (Lipinski definition) is 4. The molecule has 0 spiro atoms. The van der Waals surface area contributed by atoms with Gasteiger partial charge in [0.05, 0.1) is 12.1 Å². The van der Waals surface area contributed by atoms with E-state index in [1.165, 1.54) is 37.7 Å². The van der Waals surface area contributed by atoms with Gasteiger partial charge in [-0.3, -0.25) is 4.79 Å². The van der Waals surface area contributed by atoms with Crippen LogP contribution >= 0.6 is 11.3 Å². The van der Waals surface area contributed by atoms with Gasteiger partial charge in [0.15, 0.2) is 0 Å². The number of nitrogens with zero attached hydrogens (tertiary/aromatic N) is 2. The minimum atomic E-state index is -1.82. The standard InChI is InChI=1S/C22H32N4OS.C2H2O4/c1-17-7-9-18(10-8-17)24-20(27)13-21-25-19(15-28-21)14-23-16-22(26(2)3)11-5-4-6-12-22;3-1(4)2(5)6/h7-10,15,23H,4-6,11-14,16H2,1-3H3,(H,24,27);(H,3,4)(H,5,6). The zero-order valence-corrected chi connectivity index (χ0v) is 20.8. The van der Waals surface area contributed by atoms with Gasteiger partial charge in [0.1, 0.15) is 5.01 Å². The third kappa shape index (κ3) is 8.85. The Labute approximate surface area is 204 Å². The molecule has 34 heavy (non-hydrogen) atoms. The van der Waals surface area contributed by atoms with Crippen LogP contribution in [-0.2, 0) is 27.3 Å². The maximum Gasteiger partial charge on any atom is 0.414 e. The summed E-state index contributed by atoms with van der Waals surface area (Å²) in [6.07, 6.45) is 6.83. The molecule has 1 heterocycles. The lowest BCUT2D eigenvalue weighted by molar-refractivity contribution is -0.159. The molecule has 2 aromatic rings. The second-order valence-electron chi connectivity index (χ2n) is 8.72. The molecule has 0 radical (unpaired) electrons. The summed E-state index contributed by atoms with van der Waals surface area (Å²) in [5.41, 5.74) is 3.30. The van der Waals surface area contributed by atoms with Crippen LogP contribution in [0.15, 0.2) is 29.6 Å². The molecule has 1 aromatic heterocycles. The predicted molar refractivity (Wildman–Crippen MR) is 132 cm³/mol. The minimum absolute atomic E-state index is 0.0218. The number of aryl methyl sites for hydroxylation is 1. The molecule has 0 atom stereocenters. The van der Waals surface area contributed by atoms with Crippen molar-refractivity contribution >= 4 is 34.9 Å². The summed E-state index contributed by atoms with van der Waals surface area (Å²) in [6, 6.07) is 7.84. The Hall–Kier alpha value is -2.82. The van der Waals surface area contributed by atoms with Crippen molar-refractivity contribution in [2.75, 3.05) is 26.0 Å². The number of carboxylic acid groups (broad SMARTS) is 2. The highest BCUT2D eigenvalue weighted by atomic mass is 32.1. The second kappa shape index (κ2) is 13.2. The summed E-state index contributed by atoms with van der Waals surface area (Å²) in [6.45, 7) is 3.78. The zero-order chi connectivity index (χ0) is 25.1. The van der Waals surface area contributed by atoms with Crippen molar-refractivity contribution in [3.8, 4) is 0 Å². The quantitative estimate of drug-likeness (QED) is 0.415. The Balaban J connectivity index is 0.000000604. The van der Waals surface area contributed by atoms with Crippen LogP contribution in [0.3, 0.4) is 0 Å². The van der Waals surface area contributed by atoms with Gasteiger partial charge in [-0.15, -0.1) is 11.3 Å². The normalized spacial score (nSPS) is 14.7. The number of amides is 1. The average molecular weight is 491 g/mol. The van der Waals surface area contributed by atoms with Crippen LogP contribution < -0.4 is 10.6 Å². The second-order valence-corrected chi connectivity index (χ2v) is 9.66. The van der Waals surface area contributed by atoms with E-state index >= 15 is 0 Å². The predicted octanol–water partition coefficient (Wildman–Crippen LogP) is 3.14. The fourth-order valence-electron chi connectivity index (χ4n) is 3.91. The van der Waals surface area contributed by atoms with Crippen LogP contribution in [0.5, 0.6) is 0 Å². The summed E-state index contributed by atoms with van der Waals surface area (Å²) >= 11 is 1.56. The van der Waals surface area contributed by atoms with Crippen LogP contribution in [0.1, 0.15) is 48.4 Å². The lowest BCUT2D eigenvalue weighted by Gasteiger charge is -2.43. The largest absolute Gasteiger partial charge is 0.473 e. The summed E-state index contributed by atoms with van der Waals surface area (Å²) in [5, 5.41) is 24.2. The van der Waals surface area contributed by atoms with Crippen molar-refractivity contribution in [3.05, 3.63) is 45.9 Å². The Kier molecular flexibility index (Phi) is 10.6. The van der Waals surface area contributed by atoms with Crippen LogP contribution in [0.4, 0.5) is 5.69 Å². The van der Waals surface area contributed by atoms with Gasteiger partial charge in [-0.25, -0.2) is 14.6 Å². The van der Waals surface area contributed by atoms with Crippen molar-refractivity contribution < 1.29 is 24.6 Å². The van der Waals surface area contributed by atoms with E-state index in [2.05, 4.69) is 40.0 Å². The van der Waals surface area contributed by atoms with Gasteiger partial charge in [-0.1, -0.05) is 37.0 Å². The first-order chi connectivity index (χ1) is 16.1. The molecule has 1 aliphatic carbocycles. The topological polar surface area (TPSA) is 132 Å². The van der Waals surface area contributed by atoms with Gasteiger partial charge in [0, 0.05) is 29.7 Å². The van der Waals surface area contributed by atoms with Gasteiger partial charge in [0.25, 0.3) is 0 Å². The molecular weight excluding hydrogens is 456 g/mol. The molecule has 9 nitrogen and oxygen atoms in total. The third-order valence-electron chi connectivity index (χ3n) is 5.92. The molecule has 4 N–H and O–H groups in total. The first-order valence-electron chi connectivity index (χ1n) is 11.3. The van der Waals surface area contributed by atoms with Gasteiger partial charge < -0.3 is 25.7 Å². The molecule has 0 unspecified atom stereocenters. The van der Waals surface area contributed by atoms with Crippen molar-refractivity contribution in [2.24, 2.45) is 0 Å². The summed E-state index contributed by atoms with van der Waals surface area (Å²) < 4.78 is 0. The number of rotatable bonds is 8. The molecule has 10 heteroatoms. The monoisotopic (exact) mass is 490 g/mol. The number of hydrogen-bond acceptors (Lipinski definition) is 7. The highest BCUT2D eigenvalue weighted by Gasteiger charge is 2.33. The lowest BCUT2D eigenvalue weighted by Crippen LogP contribution is -2.52. The molecule has 3 rings (SSSR count). The Bertz CT molecular complexity index is 941. The molecule has 0 saturated heterocycles. The number of aromatic nitrogens is 1. The number of carbonyl (C=O) groups excluding carboxylic acids is 1. The highest BCUT2D eigenvalue weighted by Crippen LogP contribution is 2.31. The third-order valence-corrected chi connectivity index (χ3v) is 6.82. The summed E-state index contributed by atoms with van der Waals surface area (Å²) in [4.78, 5) is 37.5. The van der Waals surface area contributed by atoms with E-state index < -0.39 is 11.9 Å². The molecular formula is C24H34N4O5S. The van der Waals surface area contributed by atoms with Gasteiger partial charge in [-0.05, 0) is 46.0 Å². The van der Waals surface area contributed by atoms with Crippen molar-refractivity contribution in [1.29, 1.82) is 0 Å². The number of benzene rings is 1. The van der Waals surface area contributed by atoms with E-state index in [9.17, 15) is 4.79 Å². The Morgan fingerprint density at radius 1 is 1.06 bits per heavy atom. The lowest BCUT2D eigenvalue weighted by atomic mass is 9.80. The van der Waals surface area contributed by atoms with Crippen molar-refractivity contribution in [2.45, 2.75) is 57.5 Å². The number of carboxylic acids is 2. The van der Waals surface area contributed by atoms with Gasteiger partial charge in [-0.2, -0.15) is 0 Å². The molecule has 1 fully saturated rings. The highest BCUT2D eigenvalue weighted by molar-refractivity contribution is 7.09. The van der Waals surface area contributed by atoms with Crippen LogP contribution in [0, 0.1) is 6.92 Å². The maximum absolute atomic E-state index is 12.2. The molecule has 1 saturated carbocycles. The van der Waals surface area contributed by atoms with E-state index in [1.54, 1.807) is 11.3 Å².